The van der Waals surface area contributed by atoms with Gasteiger partial charge in [-0.2, -0.15) is 0 Å². The summed E-state index contributed by atoms with van der Waals surface area (Å²) in [5, 5.41) is 0.920. The fourth-order valence-electron chi connectivity index (χ4n) is 4.23. The SMILES string of the molecule is COc1nc(-c2cccc(-c3cccc(-c4ccc(C(C)N[S@+]([O-])C(C)(C)C)c(OC)n4)c3Cl)c2Cl)ccc1C=O. The summed E-state index contributed by atoms with van der Waals surface area (Å²) in [5.41, 5.74) is 5.09. The lowest BCUT2D eigenvalue weighted by atomic mass is 9.98. The van der Waals surface area contributed by atoms with Crippen molar-refractivity contribution in [3.05, 3.63) is 81.8 Å². The Kier molecular flexibility index (Phi) is 9.62. The fraction of sp³-hybridized carbons (Fsp3) is 0.258. The van der Waals surface area contributed by atoms with Crippen LogP contribution in [-0.2, 0) is 11.4 Å². The standard InChI is InChI=1S/C31H31Cl2N3O4S/c1-18(36-41(38)31(2,3)4)20-14-16-26(35-30(20)40-6)24-12-8-10-22(28(24)33)21-9-7-11-23(27(21)32)25-15-13-19(17-37)29(34-25)39-5/h7-18,36H,1-6H3/t18?,41-/m1/s1. The lowest BCUT2D eigenvalue weighted by Crippen LogP contribution is -2.40. The first kappa shape index (κ1) is 30.8. The highest BCUT2D eigenvalue weighted by atomic mass is 35.5. The number of nitrogens with one attached hydrogen (secondary N) is 1. The Morgan fingerprint density at radius 2 is 1.32 bits per heavy atom. The lowest BCUT2D eigenvalue weighted by Gasteiger charge is -2.27. The summed E-state index contributed by atoms with van der Waals surface area (Å²) in [6, 6.07) is 18.1. The van der Waals surface area contributed by atoms with Gasteiger partial charge in [-0.15, -0.1) is 4.72 Å². The van der Waals surface area contributed by atoms with Gasteiger partial charge in [0.25, 0.3) is 0 Å². The monoisotopic (exact) mass is 611 g/mol. The van der Waals surface area contributed by atoms with Crippen LogP contribution in [0.1, 0.15) is 49.7 Å². The second-order valence-electron chi connectivity index (χ2n) is 10.3. The van der Waals surface area contributed by atoms with E-state index in [1.807, 2.05) is 76.2 Å². The van der Waals surface area contributed by atoms with E-state index < -0.39 is 16.1 Å². The summed E-state index contributed by atoms with van der Waals surface area (Å²) in [6.45, 7) is 7.65. The van der Waals surface area contributed by atoms with Crippen molar-refractivity contribution in [2.45, 2.75) is 38.5 Å². The van der Waals surface area contributed by atoms with Gasteiger partial charge in [-0.3, -0.25) is 4.79 Å². The van der Waals surface area contributed by atoms with Crippen LogP contribution in [0.2, 0.25) is 10.0 Å². The number of carbonyl (C=O) groups is 1. The van der Waals surface area contributed by atoms with Gasteiger partial charge in [-0.05, 0) is 52.0 Å². The first-order chi connectivity index (χ1) is 19.5. The molecule has 1 N–H and O–H groups in total. The van der Waals surface area contributed by atoms with Crippen molar-refractivity contribution in [1.29, 1.82) is 0 Å². The van der Waals surface area contributed by atoms with Crippen LogP contribution in [0.4, 0.5) is 0 Å². The van der Waals surface area contributed by atoms with Gasteiger partial charge < -0.3 is 14.0 Å². The van der Waals surface area contributed by atoms with Crippen LogP contribution in [0.3, 0.4) is 0 Å². The van der Waals surface area contributed by atoms with Crippen molar-refractivity contribution >= 4 is 40.8 Å². The minimum absolute atomic E-state index is 0.219. The number of hydrogen-bond acceptors (Lipinski definition) is 7. The Morgan fingerprint density at radius 3 is 1.80 bits per heavy atom. The molecule has 4 aromatic rings. The number of pyridine rings is 2. The molecule has 0 aliphatic rings. The summed E-state index contributed by atoms with van der Waals surface area (Å²) in [6.07, 6.45) is 0.693. The molecule has 0 bridgehead atoms. The maximum atomic E-state index is 12.6. The smallest absolute Gasteiger partial charge is 0.224 e. The Balaban J connectivity index is 1.73. The number of carbonyl (C=O) groups excluding carboxylic acids is 1. The van der Waals surface area contributed by atoms with Crippen molar-refractivity contribution in [2.75, 3.05) is 14.2 Å². The molecule has 0 radical (unpaired) electrons. The van der Waals surface area contributed by atoms with Crippen LogP contribution in [0, 0.1) is 0 Å². The number of benzene rings is 2. The van der Waals surface area contributed by atoms with E-state index in [0.717, 1.165) is 5.56 Å². The van der Waals surface area contributed by atoms with E-state index in [0.29, 0.717) is 61.4 Å². The minimum Gasteiger partial charge on any atom is -0.598 e. The molecule has 7 nitrogen and oxygen atoms in total. The molecule has 0 spiro atoms. The maximum Gasteiger partial charge on any atom is 0.224 e. The normalized spacial score (nSPS) is 13.0. The Bertz CT molecular complexity index is 1580. The molecule has 41 heavy (non-hydrogen) atoms. The van der Waals surface area contributed by atoms with E-state index >= 15 is 0 Å². The zero-order valence-electron chi connectivity index (χ0n) is 23.6. The van der Waals surface area contributed by atoms with Gasteiger partial charge in [-0.25, -0.2) is 9.97 Å². The molecule has 0 aliphatic heterocycles. The number of aldehydes is 1. The number of methoxy groups -OCH3 is 2. The Morgan fingerprint density at radius 1 is 0.829 bits per heavy atom. The average molecular weight is 613 g/mol. The van der Waals surface area contributed by atoms with Crippen molar-refractivity contribution in [2.24, 2.45) is 0 Å². The van der Waals surface area contributed by atoms with Crippen molar-refractivity contribution in [1.82, 2.24) is 14.7 Å². The van der Waals surface area contributed by atoms with Crippen LogP contribution in [0.15, 0.2) is 60.7 Å². The molecule has 2 atom stereocenters. The van der Waals surface area contributed by atoms with Gasteiger partial charge in [0, 0.05) is 39.2 Å². The molecule has 0 amide bonds. The van der Waals surface area contributed by atoms with E-state index in [4.69, 9.17) is 37.7 Å². The highest BCUT2D eigenvalue weighted by Gasteiger charge is 2.29. The third kappa shape index (κ3) is 6.52. The summed E-state index contributed by atoms with van der Waals surface area (Å²) < 4.78 is 26.2. The largest absolute Gasteiger partial charge is 0.598 e. The first-order valence-corrected chi connectivity index (χ1v) is 14.7. The molecule has 214 valence electrons. The molecule has 0 saturated heterocycles. The molecule has 2 aromatic heterocycles. The van der Waals surface area contributed by atoms with Crippen LogP contribution < -0.4 is 14.2 Å². The van der Waals surface area contributed by atoms with Gasteiger partial charge in [0.15, 0.2) is 6.29 Å². The summed E-state index contributed by atoms with van der Waals surface area (Å²) in [4.78, 5) is 20.5. The van der Waals surface area contributed by atoms with E-state index in [9.17, 15) is 9.35 Å². The third-order valence-corrected chi connectivity index (χ3v) is 8.93. The molecular weight excluding hydrogens is 581 g/mol. The second kappa shape index (κ2) is 12.8. The number of hydrogen-bond donors (Lipinski definition) is 1. The molecule has 10 heteroatoms. The van der Waals surface area contributed by atoms with Gasteiger partial charge in [0.1, 0.15) is 4.75 Å². The molecular formula is C31H31Cl2N3O4S. The highest BCUT2D eigenvalue weighted by molar-refractivity contribution is 7.90. The summed E-state index contributed by atoms with van der Waals surface area (Å²) >= 11 is 12.6. The lowest BCUT2D eigenvalue weighted by molar-refractivity contribution is 0.112. The molecule has 0 saturated carbocycles. The predicted molar refractivity (Wildman–Crippen MR) is 166 cm³/mol. The Hall–Kier alpha value is -3.14. The van der Waals surface area contributed by atoms with Crippen LogP contribution in [0.25, 0.3) is 33.6 Å². The third-order valence-electron chi connectivity index (χ3n) is 6.44. The highest BCUT2D eigenvalue weighted by Crippen LogP contribution is 2.42. The van der Waals surface area contributed by atoms with Gasteiger partial charge in [0.2, 0.25) is 11.8 Å². The molecule has 1 unspecified atom stereocenters. The molecule has 0 fully saturated rings. The van der Waals surface area contributed by atoms with Crippen LogP contribution >= 0.6 is 23.2 Å². The molecule has 2 aromatic carbocycles. The van der Waals surface area contributed by atoms with Crippen molar-refractivity contribution in [3.63, 3.8) is 0 Å². The number of aromatic nitrogens is 2. The minimum atomic E-state index is -1.26. The van der Waals surface area contributed by atoms with Crippen molar-refractivity contribution in [3.8, 4) is 45.4 Å². The zero-order valence-corrected chi connectivity index (χ0v) is 25.9. The van der Waals surface area contributed by atoms with Crippen molar-refractivity contribution < 1.29 is 18.8 Å². The van der Waals surface area contributed by atoms with E-state index in [1.165, 1.54) is 7.11 Å². The summed E-state index contributed by atoms with van der Waals surface area (Å²) in [5.74, 6) is 0.630. The van der Waals surface area contributed by atoms with E-state index in [-0.39, 0.29) is 11.9 Å². The molecule has 2 heterocycles. The zero-order chi connectivity index (χ0) is 29.9. The van der Waals surface area contributed by atoms with Gasteiger partial charge in [-0.1, -0.05) is 59.6 Å². The predicted octanol–water partition coefficient (Wildman–Crippen LogP) is 7.73. The Labute approximate surface area is 253 Å². The van der Waals surface area contributed by atoms with Gasteiger partial charge in [0.05, 0.1) is 47.3 Å². The van der Waals surface area contributed by atoms with Crippen LogP contribution in [-0.4, -0.2) is 39.8 Å². The average Bonchev–Trinajstić information content (AvgIpc) is 2.96. The number of nitrogens with zero attached hydrogens (tertiary/aromatic N) is 2. The molecule has 4 rings (SSSR count). The second-order valence-corrected chi connectivity index (χ2v) is 13.0. The fourth-order valence-corrected chi connectivity index (χ4v) is 5.68. The maximum absolute atomic E-state index is 12.6. The van der Waals surface area contributed by atoms with Crippen LogP contribution in [0.5, 0.6) is 11.8 Å². The van der Waals surface area contributed by atoms with E-state index in [1.54, 1.807) is 19.2 Å². The number of rotatable bonds is 9. The van der Waals surface area contributed by atoms with E-state index in [2.05, 4.69) is 9.71 Å². The molecule has 0 aliphatic carbocycles. The number of halogens is 2. The summed E-state index contributed by atoms with van der Waals surface area (Å²) in [7, 11) is 3.01. The quantitative estimate of drug-likeness (QED) is 0.153. The first-order valence-electron chi connectivity index (χ1n) is 12.8. The van der Waals surface area contributed by atoms with Gasteiger partial charge >= 0.3 is 0 Å². The topological polar surface area (TPSA) is 96.4 Å². The number of ether oxygens (including phenoxy) is 2.